The van der Waals surface area contributed by atoms with Gasteiger partial charge in [0.2, 0.25) is 0 Å². The number of fused-ring (bicyclic) bond motifs is 1. The van der Waals surface area contributed by atoms with Crippen LogP contribution in [0.1, 0.15) is 18.4 Å². The van der Waals surface area contributed by atoms with Gasteiger partial charge in [-0.1, -0.05) is 18.2 Å². The van der Waals surface area contributed by atoms with E-state index in [1.807, 2.05) is 6.07 Å². The van der Waals surface area contributed by atoms with Crippen LogP contribution in [-0.4, -0.2) is 23.7 Å². The van der Waals surface area contributed by atoms with Gasteiger partial charge in [0.25, 0.3) is 0 Å². The minimum Gasteiger partial charge on any atom is -0.481 e. The number of carbonyl (C=O) groups is 1. The zero-order valence-corrected chi connectivity index (χ0v) is 9.10. The number of hydrogen-bond donors (Lipinski definition) is 1. The van der Waals surface area contributed by atoms with E-state index in [1.54, 1.807) is 0 Å². The molecule has 1 N–H and O–H groups in total. The van der Waals surface area contributed by atoms with Crippen molar-refractivity contribution in [3.63, 3.8) is 0 Å². The van der Waals surface area contributed by atoms with E-state index in [-0.39, 0.29) is 12.0 Å². The molecule has 0 radical (unpaired) electrons. The van der Waals surface area contributed by atoms with Crippen LogP contribution in [0.25, 0.3) is 0 Å². The normalized spacial score (nSPS) is 27.4. The van der Waals surface area contributed by atoms with Gasteiger partial charge in [-0.3, -0.25) is 4.79 Å². The molecule has 16 heavy (non-hydrogen) atoms. The summed E-state index contributed by atoms with van der Waals surface area (Å²) in [6.07, 6.45) is 3.07. The van der Waals surface area contributed by atoms with Crippen molar-refractivity contribution >= 4 is 11.7 Å². The molecule has 3 nitrogen and oxygen atoms in total. The van der Waals surface area contributed by atoms with Gasteiger partial charge < -0.3 is 10.0 Å². The third-order valence-electron chi connectivity index (χ3n) is 3.62. The lowest BCUT2D eigenvalue weighted by atomic mass is 10.0. The summed E-state index contributed by atoms with van der Waals surface area (Å²) in [6.45, 7) is 1.01. The fourth-order valence-electron chi connectivity index (χ4n) is 2.70. The fraction of sp³-hybridized carbons (Fsp3) is 0.462. The van der Waals surface area contributed by atoms with Crippen molar-refractivity contribution < 1.29 is 9.90 Å². The van der Waals surface area contributed by atoms with Crippen LogP contribution >= 0.6 is 0 Å². The first-order chi connectivity index (χ1) is 7.77. The molecule has 1 heterocycles. The molecule has 2 unspecified atom stereocenters. The first kappa shape index (κ1) is 9.70. The van der Waals surface area contributed by atoms with Crippen LogP contribution in [0.4, 0.5) is 5.69 Å². The lowest BCUT2D eigenvalue weighted by molar-refractivity contribution is -0.138. The van der Waals surface area contributed by atoms with Gasteiger partial charge in [-0.15, -0.1) is 0 Å². The molecule has 0 saturated heterocycles. The minimum absolute atomic E-state index is 0.147. The molecular weight excluding hydrogens is 202 g/mol. The molecule has 3 heteroatoms. The maximum absolute atomic E-state index is 10.9. The molecular formula is C13H15NO2. The Hall–Kier alpha value is -1.51. The summed E-state index contributed by atoms with van der Waals surface area (Å²) in [5.74, 6) is -0.792. The van der Waals surface area contributed by atoms with Crippen LogP contribution < -0.4 is 4.90 Å². The molecule has 1 fully saturated rings. The van der Waals surface area contributed by atoms with E-state index in [0.717, 1.165) is 25.8 Å². The second-order valence-corrected chi connectivity index (χ2v) is 4.67. The van der Waals surface area contributed by atoms with Crippen molar-refractivity contribution in [2.45, 2.75) is 25.3 Å². The van der Waals surface area contributed by atoms with E-state index >= 15 is 0 Å². The molecule has 0 amide bonds. The molecule has 2 aliphatic rings. The lowest BCUT2D eigenvalue weighted by Crippen LogP contribution is -2.33. The highest BCUT2D eigenvalue weighted by Crippen LogP contribution is 2.41. The third kappa shape index (κ3) is 1.47. The molecule has 1 aliphatic carbocycles. The summed E-state index contributed by atoms with van der Waals surface area (Å²) in [6, 6.07) is 8.60. The van der Waals surface area contributed by atoms with E-state index < -0.39 is 5.97 Å². The second kappa shape index (κ2) is 3.51. The van der Waals surface area contributed by atoms with Gasteiger partial charge in [0.1, 0.15) is 0 Å². The summed E-state index contributed by atoms with van der Waals surface area (Å²) in [7, 11) is 0. The highest BCUT2D eigenvalue weighted by molar-refractivity contribution is 5.76. The summed E-state index contributed by atoms with van der Waals surface area (Å²) < 4.78 is 0. The number of hydrogen-bond acceptors (Lipinski definition) is 2. The molecule has 3 rings (SSSR count). The number of carboxylic acid groups (broad SMARTS) is 1. The van der Waals surface area contributed by atoms with Crippen molar-refractivity contribution in [1.82, 2.24) is 0 Å². The Morgan fingerprint density at radius 1 is 1.38 bits per heavy atom. The number of aliphatic carboxylic acids is 1. The van der Waals surface area contributed by atoms with Crippen molar-refractivity contribution in [3.8, 4) is 0 Å². The van der Waals surface area contributed by atoms with Crippen LogP contribution in [0.15, 0.2) is 24.3 Å². The van der Waals surface area contributed by atoms with Gasteiger partial charge in [-0.25, -0.2) is 0 Å². The molecule has 1 aliphatic heterocycles. The predicted molar refractivity (Wildman–Crippen MR) is 61.6 cm³/mol. The van der Waals surface area contributed by atoms with E-state index in [1.165, 1.54) is 11.3 Å². The van der Waals surface area contributed by atoms with Gasteiger partial charge in [-0.2, -0.15) is 0 Å². The Morgan fingerprint density at radius 3 is 2.94 bits per heavy atom. The summed E-state index contributed by atoms with van der Waals surface area (Å²) in [5, 5.41) is 8.98. The van der Waals surface area contributed by atoms with Crippen molar-refractivity contribution in [2.24, 2.45) is 5.92 Å². The van der Waals surface area contributed by atoms with Crippen LogP contribution in [0, 0.1) is 5.92 Å². The monoisotopic (exact) mass is 217 g/mol. The second-order valence-electron chi connectivity index (χ2n) is 4.67. The molecule has 1 aromatic rings. The molecule has 1 aromatic carbocycles. The number of carboxylic acids is 1. The summed E-state index contributed by atoms with van der Waals surface area (Å²) in [4.78, 5) is 13.2. The summed E-state index contributed by atoms with van der Waals surface area (Å²) >= 11 is 0. The molecule has 84 valence electrons. The number of rotatable bonds is 2. The predicted octanol–water partition coefficient (Wildman–Crippen LogP) is 1.91. The maximum Gasteiger partial charge on any atom is 0.308 e. The minimum atomic E-state index is -0.645. The van der Waals surface area contributed by atoms with Crippen LogP contribution in [0.2, 0.25) is 0 Å². The number of aryl methyl sites for hydroxylation is 1. The molecule has 1 saturated carbocycles. The average Bonchev–Trinajstić information content (AvgIpc) is 3.08. The quantitative estimate of drug-likeness (QED) is 0.822. The highest BCUT2D eigenvalue weighted by atomic mass is 16.4. The lowest BCUT2D eigenvalue weighted by Gasteiger charge is -2.31. The van der Waals surface area contributed by atoms with Crippen LogP contribution in [-0.2, 0) is 11.2 Å². The fourth-order valence-corrected chi connectivity index (χ4v) is 2.70. The standard InChI is InChI=1S/C13H15NO2/c15-13(16)10-8-12(10)14-7-3-5-9-4-1-2-6-11(9)14/h1-2,4,6,10,12H,3,5,7-8H2,(H,15,16). The Morgan fingerprint density at radius 2 is 2.19 bits per heavy atom. The van der Waals surface area contributed by atoms with Crippen molar-refractivity contribution in [3.05, 3.63) is 29.8 Å². The van der Waals surface area contributed by atoms with E-state index in [4.69, 9.17) is 5.11 Å². The zero-order chi connectivity index (χ0) is 11.1. The van der Waals surface area contributed by atoms with Crippen LogP contribution in [0.5, 0.6) is 0 Å². The topological polar surface area (TPSA) is 40.5 Å². The Labute approximate surface area is 94.7 Å². The Balaban J connectivity index is 1.86. The molecule has 0 spiro atoms. The smallest absolute Gasteiger partial charge is 0.308 e. The Bertz CT molecular complexity index is 430. The van der Waals surface area contributed by atoms with E-state index in [9.17, 15) is 4.79 Å². The third-order valence-corrected chi connectivity index (χ3v) is 3.62. The van der Waals surface area contributed by atoms with Gasteiger partial charge in [0, 0.05) is 18.3 Å². The SMILES string of the molecule is O=C(O)C1CC1N1CCCc2ccccc21. The van der Waals surface area contributed by atoms with Gasteiger partial charge >= 0.3 is 5.97 Å². The molecule has 0 bridgehead atoms. The van der Waals surface area contributed by atoms with Gasteiger partial charge in [0.05, 0.1) is 5.92 Å². The average molecular weight is 217 g/mol. The van der Waals surface area contributed by atoms with Gasteiger partial charge in [-0.05, 0) is 30.9 Å². The van der Waals surface area contributed by atoms with E-state index in [0.29, 0.717) is 0 Å². The number of nitrogens with zero attached hydrogens (tertiary/aromatic N) is 1. The number of benzene rings is 1. The van der Waals surface area contributed by atoms with E-state index in [2.05, 4.69) is 23.1 Å². The largest absolute Gasteiger partial charge is 0.481 e. The van der Waals surface area contributed by atoms with Crippen molar-refractivity contribution in [2.75, 3.05) is 11.4 Å². The Kier molecular flexibility index (Phi) is 2.13. The first-order valence-corrected chi connectivity index (χ1v) is 5.85. The highest BCUT2D eigenvalue weighted by Gasteiger charge is 2.47. The van der Waals surface area contributed by atoms with Gasteiger partial charge in [0.15, 0.2) is 0 Å². The first-order valence-electron chi connectivity index (χ1n) is 5.85. The summed E-state index contributed by atoms with van der Waals surface area (Å²) in [5.41, 5.74) is 2.62. The van der Waals surface area contributed by atoms with Crippen LogP contribution in [0.3, 0.4) is 0 Å². The maximum atomic E-state index is 10.9. The number of para-hydroxylation sites is 1. The zero-order valence-electron chi connectivity index (χ0n) is 9.10. The molecule has 2 atom stereocenters. The molecule has 0 aromatic heterocycles. The van der Waals surface area contributed by atoms with Crippen molar-refractivity contribution in [1.29, 1.82) is 0 Å². The number of anilines is 1.